The fourth-order valence-corrected chi connectivity index (χ4v) is 2.53. The Balaban J connectivity index is 2.22. The van der Waals surface area contributed by atoms with Crippen LogP contribution in [-0.4, -0.2) is 45.9 Å². The molecule has 6 heteroatoms. The second-order valence-corrected chi connectivity index (χ2v) is 5.03. The van der Waals surface area contributed by atoms with Crippen molar-refractivity contribution in [1.29, 1.82) is 0 Å². The first-order valence-corrected chi connectivity index (χ1v) is 6.56. The number of nitrogens with zero attached hydrogens (tertiary/aromatic N) is 3. The lowest BCUT2D eigenvalue weighted by molar-refractivity contribution is -0.0588. The van der Waals surface area contributed by atoms with E-state index in [9.17, 15) is 4.79 Å². The molecule has 0 saturated carbocycles. The predicted molar refractivity (Wildman–Crippen MR) is 68.8 cm³/mol. The van der Waals surface area contributed by atoms with Crippen molar-refractivity contribution in [2.45, 2.75) is 39.5 Å². The van der Waals surface area contributed by atoms with E-state index in [0.717, 1.165) is 0 Å². The van der Waals surface area contributed by atoms with Crippen LogP contribution in [0.25, 0.3) is 0 Å². The largest absolute Gasteiger partial charge is 0.372 e. The number of amides is 1. The van der Waals surface area contributed by atoms with Gasteiger partial charge in [-0.1, -0.05) is 11.6 Å². The summed E-state index contributed by atoms with van der Waals surface area (Å²) in [7, 11) is 0. The van der Waals surface area contributed by atoms with Crippen LogP contribution in [0.2, 0.25) is 5.02 Å². The molecule has 0 aromatic carbocycles. The maximum absolute atomic E-state index is 12.5. The van der Waals surface area contributed by atoms with E-state index in [2.05, 4.69) is 5.10 Å². The molecule has 1 fully saturated rings. The quantitative estimate of drug-likeness (QED) is 0.824. The van der Waals surface area contributed by atoms with Crippen molar-refractivity contribution in [2.75, 3.05) is 13.1 Å². The van der Waals surface area contributed by atoms with E-state index in [0.29, 0.717) is 30.4 Å². The number of carbonyl (C=O) groups excluding carboxylic acids is 1. The summed E-state index contributed by atoms with van der Waals surface area (Å²) in [6, 6.07) is 0. The number of rotatable bonds is 2. The van der Waals surface area contributed by atoms with Gasteiger partial charge in [-0.3, -0.25) is 9.48 Å². The number of hydrogen-bond donors (Lipinski definition) is 0. The topological polar surface area (TPSA) is 47.4 Å². The van der Waals surface area contributed by atoms with E-state index in [4.69, 9.17) is 16.3 Å². The Kier molecular flexibility index (Phi) is 3.92. The van der Waals surface area contributed by atoms with Gasteiger partial charge in [0.2, 0.25) is 0 Å². The second-order valence-electron chi connectivity index (χ2n) is 4.62. The van der Waals surface area contributed by atoms with Gasteiger partial charge in [-0.05, 0) is 20.8 Å². The smallest absolute Gasteiger partial charge is 0.273 e. The zero-order valence-corrected chi connectivity index (χ0v) is 11.6. The van der Waals surface area contributed by atoms with Crippen molar-refractivity contribution in [2.24, 2.45) is 0 Å². The molecular formula is C12H18ClN3O2. The molecule has 100 valence electrons. The Bertz CT molecular complexity index is 437. The lowest BCUT2D eigenvalue weighted by Gasteiger charge is -2.35. The first kappa shape index (κ1) is 13.4. The summed E-state index contributed by atoms with van der Waals surface area (Å²) in [6.07, 6.45) is 1.62. The fraction of sp³-hybridized carbons (Fsp3) is 0.667. The predicted octanol–water partition coefficient (Wildman–Crippen LogP) is 1.81. The van der Waals surface area contributed by atoms with Crippen molar-refractivity contribution in [3.05, 3.63) is 16.9 Å². The average molecular weight is 272 g/mol. The van der Waals surface area contributed by atoms with Gasteiger partial charge in [0, 0.05) is 19.6 Å². The molecule has 2 atom stereocenters. The van der Waals surface area contributed by atoms with Crippen LogP contribution in [0, 0.1) is 0 Å². The summed E-state index contributed by atoms with van der Waals surface area (Å²) in [5.41, 5.74) is 0.473. The van der Waals surface area contributed by atoms with Gasteiger partial charge in [-0.2, -0.15) is 5.10 Å². The van der Waals surface area contributed by atoms with Gasteiger partial charge >= 0.3 is 0 Å². The third-order valence-corrected chi connectivity index (χ3v) is 3.28. The summed E-state index contributed by atoms with van der Waals surface area (Å²) in [5.74, 6) is -0.0682. The van der Waals surface area contributed by atoms with E-state index in [1.165, 1.54) is 6.20 Å². The monoisotopic (exact) mass is 271 g/mol. The molecule has 0 spiro atoms. The highest BCUT2D eigenvalue weighted by molar-refractivity contribution is 6.33. The van der Waals surface area contributed by atoms with Crippen LogP contribution < -0.4 is 0 Å². The Morgan fingerprint density at radius 1 is 1.50 bits per heavy atom. The Hall–Kier alpha value is -1.07. The normalized spacial score (nSPS) is 24.3. The molecule has 2 unspecified atom stereocenters. The number of aromatic nitrogens is 2. The van der Waals surface area contributed by atoms with Crippen LogP contribution in [0.5, 0.6) is 0 Å². The highest BCUT2D eigenvalue weighted by Gasteiger charge is 2.29. The molecule has 18 heavy (non-hydrogen) atoms. The van der Waals surface area contributed by atoms with E-state index in [-0.39, 0.29) is 18.1 Å². The highest BCUT2D eigenvalue weighted by atomic mass is 35.5. The number of halogens is 1. The van der Waals surface area contributed by atoms with Gasteiger partial charge in [-0.15, -0.1) is 0 Å². The van der Waals surface area contributed by atoms with Crippen molar-refractivity contribution in [3.8, 4) is 0 Å². The number of ether oxygens (including phenoxy) is 1. The van der Waals surface area contributed by atoms with Gasteiger partial charge in [0.15, 0.2) is 0 Å². The SMILES string of the molecule is CCn1ncc(Cl)c1C(=O)N1CC(C)OC(C)C1. The lowest BCUT2D eigenvalue weighted by atomic mass is 10.2. The first-order chi connectivity index (χ1) is 8.52. The van der Waals surface area contributed by atoms with E-state index in [1.54, 1.807) is 9.58 Å². The lowest BCUT2D eigenvalue weighted by Crippen LogP contribution is -2.48. The number of aryl methyl sites for hydroxylation is 1. The number of hydrogen-bond acceptors (Lipinski definition) is 3. The third-order valence-electron chi connectivity index (χ3n) is 3.00. The molecule has 0 aliphatic carbocycles. The van der Waals surface area contributed by atoms with Gasteiger partial charge in [0.1, 0.15) is 5.69 Å². The van der Waals surface area contributed by atoms with Crippen LogP contribution in [0.4, 0.5) is 0 Å². The Labute approximate surface area is 112 Å². The molecule has 0 radical (unpaired) electrons. The molecule has 1 aromatic heterocycles. The minimum atomic E-state index is -0.0682. The van der Waals surface area contributed by atoms with Gasteiger partial charge in [0.25, 0.3) is 5.91 Å². The van der Waals surface area contributed by atoms with E-state index < -0.39 is 0 Å². The van der Waals surface area contributed by atoms with Gasteiger partial charge < -0.3 is 9.64 Å². The van der Waals surface area contributed by atoms with Crippen LogP contribution in [0.3, 0.4) is 0 Å². The molecule has 1 amide bonds. The average Bonchev–Trinajstić information content (AvgIpc) is 2.68. The van der Waals surface area contributed by atoms with Gasteiger partial charge in [-0.25, -0.2) is 0 Å². The molecular weight excluding hydrogens is 254 g/mol. The van der Waals surface area contributed by atoms with Crippen LogP contribution in [-0.2, 0) is 11.3 Å². The Morgan fingerprint density at radius 2 is 2.11 bits per heavy atom. The third kappa shape index (κ3) is 2.52. The maximum Gasteiger partial charge on any atom is 0.273 e. The minimum absolute atomic E-state index is 0.0504. The first-order valence-electron chi connectivity index (χ1n) is 6.19. The second kappa shape index (κ2) is 5.28. The summed E-state index contributed by atoms with van der Waals surface area (Å²) in [4.78, 5) is 14.3. The minimum Gasteiger partial charge on any atom is -0.372 e. The van der Waals surface area contributed by atoms with E-state index in [1.807, 2.05) is 20.8 Å². The highest BCUT2D eigenvalue weighted by Crippen LogP contribution is 2.20. The zero-order valence-electron chi connectivity index (χ0n) is 10.9. The van der Waals surface area contributed by atoms with Crippen molar-refractivity contribution in [1.82, 2.24) is 14.7 Å². The molecule has 1 saturated heterocycles. The molecule has 1 aliphatic rings. The number of carbonyl (C=O) groups is 1. The molecule has 2 heterocycles. The summed E-state index contributed by atoms with van der Waals surface area (Å²) < 4.78 is 7.26. The Morgan fingerprint density at radius 3 is 2.67 bits per heavy atom. The van der Waals surface area contributed by atoms with Crippen molar-refractivity contribution < 1.29 is 9.53 Å². The molecule has 0 bridgehead atoms. The summed E-state index contributed by atoms with van der Waals surface area (Å²) >= 11 is 6.05. The van der Waals surface area contributed by atoms with Crippen LogP contribution in [0.1, 0.15) is 31.3 Å². The maximum atomic E-state index is 12.5. The fourth-order valence-electron chi connectivity index (χ4n) is 2.31. The standard InChI is InChI=1S/C12H18ClN3O2/c1-4-16-11(10(13)5-14-16)12(17)15-6-8(2)18-9(3)7-15/h5,8-9H,4,6-7H2,1-3H3. The molecule has 1 aromatic rings. The molecule has 0 N–H and O–H groups in total. The van der Waals surface area contributed by atoms with Crippen LogP contribution in [0.15, 0.2) is 6.20 Å². The molecule has 2 rings (SSSR count). The molecule has 5 nitrogen and oxygen atoms in total. The van der Waals surface area contributed by atoms with E-state index >= 15 is 0 Å². The summed E-state index contributed by atoms with van der Waals surface area (Å²) in [6.45, 7) is 7.68. The van der Waals surface area contributed by atoms with Crippen molar-refractivity contribution in [3.63, 3.8) is 0 Å². The molecule has 1 aliphatic heterocycles. The van der Waals surface area contributed by atoms with Gasteiger partial charge in [0.05, 0.1) is 23.4 Å². The van der Waals surface area contributed by atoms with Crippen molar-refractivity contribution >= 4 is 17.5 Å². The number of morpholine rings is 1. The van der Waals surface area contributed by atoms with Crippen LogP contribution >= 0.6 is 11.6 Å². The summed E-state index contributed by atoms with van der Waals surface area (Å²) in [5, 5.41) is 4.50. The zero-order chi connectivity index (χ0) is 13.3.